The Morgan fingerprint density at radius 3 is 2.61 bits per heavy atom. The summed E-state index contributed by atoms with van der Waals surface area (Å²) in [6.45, 7) is 9.24. The second kappa shape index (κ2) is 7.48. The van der Waals surface area contributed by atoms with Gasteiger partial charge in [0.25, 0.3) is 11.8 Å². The molecule has 2 heterocycles. The van der Waals surface area contributed by atoms with Crippen LogP contribution in [0.5, 0.6) is 0 Å². The van der Waals surface area contributed by atoms with Crippen LogP contribution in [0, 0.1) is 6.92 Å². The average molecular weight is 377 g/mol. The van der Waals surface area contributed by atoms with Crippen molar-refractivity contribution in [2.45, 2.75) is 13.5 Å². The van der Waals surface area contributed by atoms with Crippen LogP contribution in [0.15, 0.2) is 61.1 Å². The zero-order chi connectivity index (χ0) is 20.4. The van der Waals surface area contributed by atoms with Gasteiger partial charge >= 0.3 is 5.97 Å². The van der Waals surface area contributed by atoms with Crippen molar-refractivity contribution in [1.82, 2.24) is 15.2 Å². The van der Waals surface area contributed by atoms with Gasteiger partial charge in [0.05, 0.1) is 13.7 Å². The second-order valence-electron chi connectivity index (χ2n) is 6.28. The lowest BCUT2D eigenvalue weighted by Crippen LogP contribution is -2.36. The van der Waals surface area contributed by atoms with E-state index in [0.29, 0.717) is 5.56 Å². The van der Waals surface area contributed by atoms with E-state index in [1.165, 1.54) is 12.0 Å². The number of hydrogen-bond acceptors (Lipinski definition) is 5. The summed E-state index contributed by atoms with van der Waals surface area (Å²) in [4.78, 5) is 42.1. The Morgan fingerprint density at radius 2 is 1.93 bits per heavy atom. The highest BCUT2D eigenvalue weighted by atomic mass is 16.5. The third kappa shape index (κ3) is 3.42. The van der Waals surface area contributed by atoms with Gasteiger partial charge in [-0.15, -0.1) is 0 Å². The molecule has 0 radical (unpaired) electrons. The first-order valence-corrected chi connectivity index (χ1v) is 8.47. The number of rotatable bonds is 5. The standard InChI is InChI=1S/C21H19N3O4/c1-12-10-15(8-9-22-12)16-6-5-7-17-18(16)11-24(20(17)26)14(3)19(25)23-13(2)21(27)28-4/h5-10H,2-3,11H2,1,4H3,(H,23,25). The van der Waals surface area contributed by atoms with Crippen molar-refractivity contribution >= 4 is 17.8 Å². The SMILES string of the molecule is C=C(NC(=O)C(=C)N1Cc2c(cccc2-c2ccnc(C)c2)C1=O)C(=O)OC. The quantitative estimate of drug-likeness (QED) is 0.638. The van der Waals surface area contributed by atoms with Crippen molar-refractivity contribution in [2.24, 2.45) is 0 Å². The van der Waals surface area contributed by atoms with Crippen LogP contribution in [0.2, 0.25) is 0 Å². The van der Waals surface area contributed by atoms with E-state index in [4.69, 9.17) is 0 Å². The number of hydrogen-bond donors (Lipinski definition) is 1. The molecule has 7 heteroatoms. The monoisotopic (exact) mass is 377 g/mol. The molecule has 0 fully saturated rings. The summed E-state index contributed by atoms with van der Waals surface area (Å²) in [6.07, 6.45) is 1.71. The molecule has 1 aliphatic rings. The minimum atomic E-state index is -0.771. The molecular formula is C21H19N3O4. The number of nitrogens with zero attached hydrogens (tertiary/aromatic N) is 2. The Hall–Kier alpha value is -3.74. The Labute approximate surface area is 162 Å². The normalized spacial score (nSPS) is 12.4. The van der Waals surface area contributed by atoms with Crippen LogP contribution in [0.25, 0.3) is 11.1 Å². The molecular weight excluding hydrogens is 358 g/mol. The number of aromatic nitrogens is 1. The second-order valence-corrected chi connectivity index (χ2v) is 6.28. The van der Waals surface area contributed by atoms with E-state index in [2.05, 4.69) is 28.2 Å². The number of ether oxygens (including phenoxy) is 1. The van der Waals surface area contributed by atoms with E-state index in [-0.39, 0.29) is 23.8 Å². The minimum absolute atomic E-state index is 0.0805. The number of carbonyl (C=O) groups excluding carboxylic acids is 3. The lowest BCUT2D eigenvalue weighted by molar-refractivity contribution is -0.137. The Kier molecular flexibility index (Phi) is 5.08. The Bertz CT molecular complexity index is 1030. The summed E-state index contributed by atoms with van der Waals surface area (Å²) in [6, 6.07) is 9.25. The van der Waals surface area contributed by atoms with E-state index in [9.17, 15) is 14.4 Å². The zero-order valence-corrected chi connectivity index (χ0v) is 15.6. The number of esters is 1. The molecule has 2 amide bonds. The molecule has 1 aromatic heterocycles. The predicted molar refractivity (Wildman–Crippen MR) is 103 cm³/mol. The molecule has 142 valence electrons. The van der Waals surface area contributed by atoms with Crippen molar-refractivity contribution in [1.29, 1.82) is 0 Å². The molecule has 0 spiro atoms. The molecule has 0 bridgehead atoms. The number of fused-ring (bicyclic) bond motifs is 1. The fourth-order valence-corrected chi connectivity index (χ4v) is 3.04. The van der Waals surface area contributed by atoms with Crippen LogP contribution >= 0.6 is 0 Å². The number of methoxy groups -OCH3 is 1. The lowest BCUT2D eigenvalue weighted by atomic mass is 9.97. The van der Waals surface area contributed by atoms with E-state index < -0.39 is 11.9 Å². The Morgan fingerprint density at radius 1 is 1.21 bits per heavy atom. The summed E-state index contributed by atoms with van der Waals surface area (Å²) in [5.41, 5.74) is 3.70. The third-order valence-electron chi connectivity index (χ3n) is 4.46. The highest BCUT2D eigenvalue weighted by Crippen LogP contribution is 2.34. The molecule has 0 saturated carbocycles. The van der Waals surface area contributed by atoms with Crippen LogP contribution in [0.1, 0.15) is 21.6 Å². The molecule has 0 unspecified atom stereocenters. The van der Waals surface area contributed by atoms with Gasteiger partial charge < -0.3 is 10.1 Å². The summed E-state index contributed by atoms with van der Waals surface area (Å²) >= 11 is 0. The first kappa shape index (κ1) is 19.0. The number of pyridine rings is 1. The summed E-state index contributed by atoms with van der Waals surface area (Å²) in [7, 11) is 1.18. The molecule has 0 atom stereocenters. The van der Waals surface area contributed by atoms with Crippen molar-refractivity contribution < 1.29 is 19.1 Å². The minimum Gasteiger partial charge on any atom is -0.464 e. The topological polar surface area (TPSA) is 88.6 Å². The molecule has 1 N–H and O–H groups in total. The van der Waals surface area contributed by atoms with Gasteiger partial charge in [0.15, 0.2) is 0 Å². The third-order valence-corrected chi connectivity index (χ3v) is 4.46. The summed E-state index contributed by atoms with van der Waals surface area (Å²) in [5, 5.41) is 2.30. The van der Waals surface area contributed by atoms with Crippen LogP contribution in [0.4, 0.5) is 0 Å². The van der Waals surface area contributed by atoms with Crippen molar-refractivity contribution in [3.8, 4) is 11.1 Å². The van der Waals surface area contributed by atoms with Gasteiger partial charge in [-0.05, 0) is 41.8 Å². The van der Waals surface area contributed by atoms with Crippen LogP contribution < -0.4 is 5.32 Å². The predicted octanol–water partition coefficient (Wildman–Crippen LogP) is 2.33. The Balaban J connectivity index is 1.87. The molecule has 0 aliphatic carbocycles. The van der Waals surface area contributed by atoms with Gasteiger partial charge in [-0.2, -0.15) is 0 Å². The van der Waals surface area contributed by atoms with Gasteiger partial charge in [0, 0.05) is 17.5 Å². The summed E-state index contributed by atoms with van der Waals surface area (Å²) in [5.74, 6) is -1.79. The van der Waals surface area contributed by atoms with Crippen LogP contribution in [-0.2, 0) is 20.9 Å². The molecule has 3 rings (SSSR count). The number of nitrogens with one attached hydrogen (secondary N) is 1. The van der Waals surface area contributed by atoms with E-state index in [1.54, 1.807) is 18.3 Å². The van der Waals surface area contributed by atoms with E-state index in [0.717, 1.165) is 22.4 Å². The molecule has 28 heavy (non-hydrogen) atoms. The largest absolute Gasteiger partial charge is 0.464 e. The van der Waals surface area contributed by atoms with Gasteiger partial charge in [0.1, 0.15) is 11.4 Å². The van der Waals surface area contributed by atoms with Crippen molar-refractivity contribution in [3.63, 3.8) is 0 Å². The summed E-state index contributed by atoms with van der Waals surface area (Å²) < 4.78 is 4.50. The number of amides is 2. The van der Waals surface area contributed by atoms with Crippen LogP contribution in [0.3, 0.4) is 0 Å². The fourth-order valence-electron chi connectivity index (χ4n) is 3.04. The highest BCUT2D eigenvalue weighted by Gasteiger charge is 2.33. The molecule has 1 aromatic carbocycles. The maximum atomic E-state index is 12.8. The van der Waals surface area contributed by atoms with E-state index >= 15 is 0 Å². The van der Waals surface area contributed by atoms with Crippen molar-refractivity contribution in [3.05, 3.63) is 77.9 Å². The number of benzene rings is 1. The van der Waals surface area contributed by atoms with Crippen molar-refractivity contribution in [2.75, 3.05) is 7.11 Å². The average Bonchev–Trinajstić information content (AvgIpc) is 3.03. The molecule has 1 aliphatic heterocycles. The van der Waals surface area contributed by atoms with Gasteiger partial charge in [-0.25, -0.2) is 4.79 Å². The van der Waals surface area contributed by atoms with Gasteiger partial charge in [0.2, 0.25) is 0 Å². The molecule has 7 nitrogen and oxygen atoms in total. The molecule has 2 aromatic rings. The molecule has 0 saturated heterocycles. The maximum Gasteiger partial charge on any atom is 0.353 e. The zero-order valence-electron chi connectivity index (χ0n) is 15.6. The van der Waals surface area contributed by atoms with Gasteiger partial charge in [-0.3, -0.25) is 19.5 Å². The smallest absolute Gasteiger partial charge is 0.353 e. The first-order valence-electron chi connectivity index (χ1n) is 8.47. The first-order chi connectivity index (χ1) is 13.3. The van der Waals surface area contributed by atoms with E-state index in [1.807, 2.05) is 25.1 Å². The maximum absolute atomic E-state index is 12.8. The number of carbonyl (C=O) groups is 3. The number of aryl methyl sites for hydroxylation is 1. The van der Waals surface area contributed by atoms with Gasteiger partial charge in [-0.1, -0.05) is 25.3 Å². The van der Waals surface area contributed by atoms with Crippen LogP contribution in [-0.4, -0.2) is 34.8 Å². The highest BCUT2D eigenvalue weighted by molar-refractivity contribution is 6.07. The fraction of sp³-hybridized carbons (Fsp3) is 0.143. The lowest BCUT2D eigenvalue weighted by Gasteiger charge is -2.18.